The van der Waals surface area contributed by atoms with Crippen LogP contribution < -0.4 is 0 Å². The van der Waals surface area contributed by atoms with Crippen LogP contribution in [-0.4, -0.2) is 28.4 Å². The minimum Gasteiger partial charge on any atom is -0.268 e. The summed E-state index contributed by atoms with van der Waals surface area (Å²) in [7, 11) is -3.89. The lowest BCUT2D eigenvalue weighted by atomic mass is 10.1. The van der Waals surface area contributed by atoms with Gasteiger partial charge in [-0.3, -0.25) is 14.5 Å². The Morgan fingerprint density at radius 2 is 1.58 bits per heavy atom. The first-order valence-electron chi connectivity index (χ1n) is 10.8. The molecule has 2 amide bonds. The molecule has 0 aliphatic carbocycles. The Labute approximate surface area is 222 Å². The maximum atomic E-state index is 13.4. The quantitative estimate of drug-likeness (QED) is 0.255. The number of carbonyl (C=O) groups is 2. The normalized spacial score (nSPS) is 15.4. The van der Waals surface area contributed by atoms with Gasteiger partial charge in [-0.1, -0.05) is 65.2 Å². The molecular formula is C26H18Cl2N2O4S2. The monoisotopic (exact) mass is 556 g/mol. The molecule has 0 unspecified atom stereocenters. The van der Waals surface area contributed by atoms with Crippen molar-refractivity contribution in [3.05, 3.63) is 105 Å². The Bertz CT molecular complexity index is 1660. The van der Waals surface area contributed by atoms with Gasteiger partial charge in [-0.15, -0.1) is 0 Å². The van der Waals surface area contributed by atoms with Gasteiger partial charge in [0.15, 0.2) is 0 Å². The topological polar surface area (TPSA) is 76.5 Å². The summed E-state index contributed by atoms with van der Waals surface area (Å²) in [5.74, 6) is -0.501. The number of fused-ring (bicyclic) bond motifs is 1. The number of carbonyl (C=O) groups excluding carboxylic acids is 2. The number of rotatable bonds is 5. The van der Waals surface area contributed by atoms with Crippen molar-refractivity contribution in [1.29, 1.82) is 0 Å². The number of benzene rings is 3. The molecular weight excluding hydrogens is 539 g/mol. The average molecular weight is 557 g/mol. The third kappa shape index (κ3) is 4.35. The predicted molar refractivity (Wildman–Crippen MR) is 144 cm³/mol. The molecule has 0 saturated carbocycles. The zero-order chi connectivity index (χ0) is 25.6. The Kier molecular flexibility index (Phi) is 6.46. The number of amides is 2. The summed E-state index contributed by atoms with van der Waals surface area (Å²) in [5.41, 5.74) is 2.39. The summed E-state index contributed by atoms with van der Waals surface area (Å²) < 4.78 is 28.1. The van der Waals surface area contributed by atoms with Gasteiger partial charge < -0.3 is 0 Å². The van der Waals surface area contributed by atoms with Gasteiger partial charge in [-0.2, -0.15) is 0 Å². The second kappa shape index (κ2) is 9.44. The number of nitrogens with zero attached hydrogens (tertiary/aromatic N) is 2. The summed E-state index contributed by atoms with van der Waals surface area (Å²) >= 11 is 13.2. The minimum atomic E-state index is -3.89. The van der Waals surface area contributed by atoms with Crippen molar-refractivity contribution < 1.29 is 18.0 Å². The molecule has 182 valence electrons. The van der Waals surface area contributed by atoms with Crippen LogP contribution in [0.15, 0.2) is 82.7 Å². The molecule has 36 heavy (non-hydrogen) atoms. The zero-order valence-electron chi connectivity index (χ0n) is 18.8. The number of aryl methyl sites for hydroxylation is 1. The maximum absolute atomic E-state index is 13.4. The molecule has 0 N–H and O–H groups in total. The number of hydrogen-bond donors (Lipinski definition) is 0. The molecule has 1 aliphatic heterocycles. The molecule has 0 atom stereocenters. The first-order valence-corrected chi connectivity index (χ1v) is 13.8. The van der Waals surface area contributed by atoms with Crippen molar-refractivity contribution in [3.8, 4) is 0 Å². The molecule has 1 fully saturated rings. The summed E-state index contributed by atoms with van der Waals surface area (Å²) in [6, 6.07) is 18.6. The molecule has 0 radical (unpaired) electrons. The number of para-hydroxylation sites is 1. The van der Waals surface area contributed by atoms with Crippen LogP contribution in [0.5, 0.6) is 0 Å². The Hall–Kier alpha value is -3.04. The molecule has 0 spiro atoms. The molecule has 3 aromatic carbocycles. The fourth-order valence-corrected chi connectivity index (χ4v) is 6.66. The van der Waals surface area contributed by atoms with Crippen molar-refractivity contribution in [1.82, 2.24) is 8.87 Å². The maximum Gasteiger partial charge on any atom is 0.293 e. The summed E-state index contributed by atoms with van der Waals surface area (Å²) in [6.45, 7) is 1.82. The van der Waals surface area contributed by atoms with Crippen molar-refractivity contribution in [2.24, 2.45) is 0 Å². The van der Waals surface area contributed by atoms with Crippen molar-refractivity contribution in [2.75, 3.05) is 0 Å². The van der Waals surface area contributed by atoms with Gasteiger partial charge in [0, 0.05) is 32.8 Å². The van der Waals surface area contributed by atoms with Crippen molar-refractivity contribution >= 4 is 73.1 Å². The highest BCUT2D eigenvalue weighted by atomic mass is 35.5. The summed E-state index contributed by atoms with van der Waals surface area (Å²) in [6.07, 6.45) is 3.02. The molecule has 10 heteroatoms. The molecule has 6 nitrogen and oxygen atoms in total. The van der Waals surface area contributed by atoms with Gasteiger partial charge in [0.2, 0.25) is 0 Å². The first kappa shape index (κ1) is 24.6. The van der Waals surface area contributed by atoms with Gasteiger partial charge in [0.25, 0.3) is 21.2 Å². The van der Waals surface area contributed by atoms with Crippen molar-refractivity contribution in [3.63, 3.8) is 0 Å². The predicted octanol–water partition coefficient (Wildman–Crippen LogP) is 6.73. The van der Waals surface area contributed by atoms with Gasteiger partial charge in [-0.05, 0) is 55.1 Å². The van der Waals surface area contributed by atoms with E-state index in [9.17, 15) is 18.0 Å². The lowest BCUT2D eigenvalue weighted by molar-refractivity contribution is -0.123. The van der Waals surface area contributed by atoms with Crippen LogP contribution in [-0.2, 0) is 21.4 Å². The van der Waals surface area contributed by atoms with E-state index in [-0.39, 0.29) is 16.3 Å². The highest BCUT2D eigenvalue weighted by Crippen LogP contribution is 2.37. The highest BCUT2D eigenvalue weighted by molar-refractivity contribution is 8.18. The second-order valence-electron chi connectivity index (χ2n) is 8.18. The smallest absolute Gasteiger partial charge is 0.268 e. The van der Waals surface area contributed by atoms with Crippen molar-refractivity contribution in [2.45, 2.75) is 18.4 Å². The fourth-order valence-electron chi connectivity index (χ4n) is 3.93. The lowest BCUT2D eigenvalue weighted by Gasteiger charge is -2.14. The van der Waals surface area contributed by atoms with E-state index in [2.05, 4.69) is 0 Å². The van der Waals surface area contributed by atoms with Crippen LogP contribution in [0.2, 0.25) is 10.0 Å². The number of hydrogen-bond acceptors (Lipinski definition) is 5. The van der Waals surface area contributed by atoms with E-state index in [0.717, 1.165) is 22.2 Å². The number of imide groups is 1. The first-order chi connectivity index (χ1) is 17.2. The Morgan fingerprint density at radius 1 is 0.917 bits per heavy atom. The summed E-state index contributed by atoms with van der Waals surface area (Å²) in [4.78, 5) is 27.2. The second-order valence-corrected chi connectivity index (χ2v) is 11.8. The van der Waals surface area contributed by atoms with Gasteiger partial charge in [0.1, 0.15) is 0 Å². The molecule has 2 heterocycles. The van der Waals surface area contributed by atoms with E-state index in [0.29, 0.717) is 32.1 Å². The minimum absolute atomic E-state index is 0.0654. The van der Waals surface area contributed by atoms with Gasteiger partial charge >= 0.3 is 0 Å². The van der Waals surface area contributed by atoms with Gasteiger partial charge in [-0.25, -0.2) is 12.4 Å². The van der Waals surface area contributed by atoms with Gasteiger partial charge in [0.05, 0.1) is 21.9 Å². The van der Waals surface area contributed by atoms with E-state index >= 15 is 0 Å². The third-order valence-electron chi connectivity index (χ3n) is 5.82. The van der Waals surface area contributed by atoms with E-state index < -0.39 is 21.2 Å². The van der Waals surface area contributed by atoms with Crippen LogP contribution in [0.4, 0.5) is 4.79 Å². The third-order valence-corrected chi connectivity index (χ3v) is 9.13. The average Bonchev–Trinajstić information content (AvgIpc) is 3.34. The van der Waals surface area contributed by atoms with Crippen LogP contribution in [0.1, 0.15) is 16.7 Å². The molecule has 1 aliphatic rings. The van der Waals surface area contributed by atoms with E-state index in [1.807, 2.05) is 6.92 Å². The van der Waals surface area contributed by atoms with Crippen LogP contribution >= 0.6 is 35.0 Å². The summed E-state index contributed by atoms with van der Waals surface area (Å²) in [5, 5.41) is 0.886. The molecule has 5 rings (SSSR count). The van der Waals surface area contributed by atoms with Crippen LogP contribution in [0.3, 0.4) is 0 Å². The molecule has 1 saturated heterocycles. The number of halogens is 2. The fraction of sp³-hybridized carbons (Fsp3) is 0.0769. The zero-order valence-corrected chi connectivity index (χ0v) is 22.0. The Balaban J connectivity index is 1.54. The number of aromatic nitrogens is 1. The molecule has 1 aromatic heterocycles. The lowest BCUT2D eigenvalue weighted by Crippen LogP contribution is -2.27. The SMILES string of the molecule is Cc1ccc(S(=O)(=O)n2cc(/C=C3\SC(=O)N(Cc4c(Cl)cccc4Cl)C3=O)c3ccccc32)cc1. The molecule has 4 aromatic rings. The standard InChI is InChI=1S/C26H18Cl2N2O4S2/c1-16-9-11-18(12-10-16)36(33,34)30-14-17(19-5-2-3-8-23(19)30)13-24-25(31)29(26(32)35-24)15-20-21(27)6-4-7-22(20)28/h2-14H,15H2,1H3/b24-13-. The Morgan fingerprint density at radius 3 is 2.28 bits per heavy atom. The largest absolute Gasteiger partial charge is 0.293 e. The number of thioether (sulfide) groups is 1. The van der Waals surface area contributed by atoms with E-state index in [1.54, 1.807) is 72.8 Å². The highest BCUT2D eigenvalue weighted by Gasteiger charge is 2.36. The van der Waals surface area contributed by atoms with Crippen LogP contribution in [0, 0.1) is 6.92 Å². The molecule has 0 bridgehead atoms. The van der Waals surface area contributed by atoms with E-state index in [4.69, 9.17) is 23.2 Å². The van der Waals surface area contributed by atoms with Crippen LogP contribution in [0.25, 0.3) is 17.0 Å². The van der Waals surface area contributed by atoms with E-state index in [1.165, 1.54) is 10.2 Å².